The number of benzene rings is 1. The molecule has 2 amide bonds. The number of nitrogens with one attached hydrogen (secondary N) is 1. The van der Waals surface area contributed by atoms with Crippen molar-refractivity contribution >= 4 is 17.5 Å². The summed E-state index contributed by atoms with van der Waals surface area (Å²) in [5.41, 5.74) is 1.78. The summed E-state index contributed by atoms with van der Waals surface area (Å²) in [5.74, 6) is 2.33. The molecular weight excluding hydrogens is 404 g/mol. The highest BCUT2D eigenvalue weighted by Gasteiger charge is 2.30. The third kappa shape index (κ3) is 5.26. The Labute approximate surface area is 189 Å². The van der Waals surface area contributed by atoms with Crippen LogP contribution in [0.3, 0.4) is 0 Å². The Bertz CT molecular complexity index is 954. The van der Waals surface area contributed by atoms with E-state index in [1.54, 1.807) is 37.6 Å². The van der Waals surface area contributed by atoms with Gasteiger partial charge in [0.2, 0.25) is 5.91 Å². The highest BCUT2D eigenvalue weighted by Crippen LogP contribution is 2.30. The zero-order valence-corrected chi connectivity index (χ0v) is 19.0. The average Bonchev–Trinajstić information content (AvgIpc) is 3.50. The summed E-state index contributed by atoms with van der Waals surface area (Å²) < 4.78 is 5.14. The molecule has 7 nitrogen and oxygen atoms in total. The summed E-state index contributed by atoms with van der Waals surface area (Å²) >= 11 is 0. The predicted octanol–water partition coefficient (Wildman–Crippen LogP) is 4.33. The molecule has 170 valence electrons. The number of anilines is 1. The van der Waals surface area contributed by atoms with E-state index in [4.69, 9.17) is 4.74 Å². The van der Waals surface area contributed by atoms with Gasteiger partial charge in [0.25, 0.3) is 5.91 Å². The third-order valence-corrected chi connectivity index (χ3v) is 6.74. The van der Waals surface area contributed by atoms with Gasteiger partial charge in [-0.1, -0.05) is 25.7 Å². The number of amides is 2. The zero-order valence-electron chi connectivity index (χ0n) is 19.0. The number of hydrogen-bond donors (Lipinski definition) is 1. The Morgan fingerprint density at radius 2 is 1.91 bits per heavy atom. The molecule has 7 heteroatoms. The molecule has 2 aromatic rings. The van der Waals surface area contributed by atoms with Crippen molar-refractivity contribution in [2.75, 3.05) is 25.5 Å². The molecule has 32 heavy (non-hydrogen) atoms. The van der Waals surface area contributed by atoms with Gasteiger partial charge in [-0.05, 0) is 49.9 Å². The standard InChI is InChI=1S/C25H32N4O3/c1-17-22(25(31)28-20-8-10-21(32-2)11-9-20)15-26-24(27-17)19-13-14-29(16-19)23(30)12-7-18-5-3-4-6-18/h8-11,15,18-19H,3-7,12-14,16H2,1-2H3,(H,28,31). The van der Waals surface area contributed by atoms with Crippen LogP contribution in [-0.2, 0) is 4.79 Å². The molecule has 0 radical (unpaired) electrons. The molecule has 4 rings (SSSR count). The summed E-state index contributed by atoms with van der Waals surface area (Å²) in [6.45, 7) is 3.25. The second-order valence-corrected chi connectivity index (χ2v) is 8.92. The van der Waals surface area contributed by atoms with E-state index in [-0.39, 0.29) is 17.7 Å². The Morgan fingerprint density at radius 3 is 2.59 bits per heavy atom. The van der Waals surface area contributed by atoms with Crippen molar-refractivity contribution in [3.63, 3.8) is 0 Å². The molecule has 1 unspecified atom stereocenters. The maximum atomic E-state index is 12.7. The Kier molecular flexibility index (Phi) is 7.02. The van der Waals surface area contributed by atoms with Gasteiger partial charge in [-0.3, -0.25) is 9.59 Å². The lowest BCUT2D eigenvalue weighted by Crippen LogP contribution is -2.28. The summed E-state index contributed by atoms with van der Waals surface area (Å²) in [6, 6.07) is 7.17. The number of nitrogens with zero attached hydrogens (tertiary/aromatic N) is 3. The zero-order chi connectivity index (χ0) is 22.5. The fourth-order valence-corrected chi connectivity index (χ4v) is 4.76. The topological polar surface area (TPSA) is 84.4 Å². The number of methoxy groups -OCH3 is 1. The molecule has 1 saturated heterocycles. The highest BCUT2D eigenvalue weighted by molar-refractivity contribution is 6.04. The first kappa shape index (κ1) is 22.2. The van der Waals surface area contributed by atoms with Crippen LogP contribution >= 0.6 is 0 Å². The van der Waals surface area contributed by atoms with Crippen molar-refractivity contribution in [1.29, 1.82) is 0 Å². The molecule has 1 aliphatic carbocycles. The van der Waals surface area contributed by atoms with E-state index in [0.717, 1.165) is 36.9 Å². The predicted molar refractivity (Wildman–Crippen MR) is 123 cm³/mol. The van der Waals surface area contributed by atoms with Crippen molar-refractivity contribution in [2.24, 2.45) is 5.92 Å². The van der Waals surface area contributed by atoms with Gasteiger partial charge < -0.3 is 15.0 Å². The number of aryl methyl sites for hydroxylation is 1. The Hall–Kier alpha value is -2.96. The maximum Gasteiger partial charge on any atom is 0.259 e. The van der Waals surface area contributed by atoms with Gasteiger partial charge in [0.1, 0.15) is 11.6 Å². The normalized spacial score (nSPS) is 18.7. The van der Waals surface area contributed by atoms with E-state index >= 15 is 0 Å². The average molecular weight is 437 g/mol. The largest absolute Gasteiger partial charge is 0.497 e. The molecule has 2 heterocycles. The lowest BCUT2D eigenvalue weighted by Gasteiger charge is -2.18. The minimum atomic E-state index is -0.241. The first-order valence-electron chi connectivity index (χ1n) is 11.6. The van der Waals surface area contributed by atoms with Crippen molar-refractivity contribution in [1.82, 2.24) is 14.9 Å². The molecule has 1 N–H and O–H groups in total. The summed E-state index contributed by atoms with van der Waals surface area (Å²) in [7, 11) is 1.60. The minimum Gasteiger partial charge on any atom is -0.497 e. The SMILES string of the molecule is COc1ccc(NC(=O)c2cnc(C3CCN(C(=O)CCC4CCCC4)C3)nc2C)cc1. The quantitative estimate of drug-likeness (QED) is 0.698. The van der Waals surface area contributed by atoms with E-state index < -0.39 is 0 Å². The van der Waals surface area contributed by atoms with Crippen LogP contribution in [-0.4, -0.2) is 46.9 Å². The second-order valence-electron chi connectivity index (χ2n) is 8.92. The first-order valence-corrected chi connectivity index (χ1v) is 11.6. The first-order chi connectivity index (χ1) is 15.5. The molecule has 1 atom stereocenters. The van der Waals surface area contributed by atoms with Gasteiger partial charge in [0.15, 0.2) is 0 Å². The minimum absolute atomic E-state index is 0.128. The molecule has 2 fully saturated rings. The fraction of sp³-hybridized carbons (Fsp3) is 0.520. The third-order valence-electron chi connectivity index (χ3n) is 6.74. The lowest BCUT2D eigenvalue weighted by molar-refractivity contribution is -0.130. The van der Waals surface area contributed by atoms with Gasteiger partial charge in [0.05, 0.1) is 18.4 Å². The molecule has 0 spiro atoms. The van der Waals surface area contributed by atoms with Gasteiger partial charge in [-0.15, -0.1) is 0 Å². The summed E-state index contributed by atoms with van der Waals surface area (Å²) in [4.78, 5) is 36.4. The van der Waals surface area contributed by atoms with Crippen LogP contribution in [0.4, 0.5) is 5.69 Å². The second kappa shape index (κ2) is 10.1. The van der Waals surface area contributed by atoms with Gasteiger partial charge in [0, 0.05) is 37.3 Å². The Balaban J connectivity index is 1.33. The van der Waals surface area contributed by atoms with Crippen LogP contribution in [0.1, 0.15) is 72.7 Å². The van der Waals surface area contributed by atoms with Crippen LogP contribution in [0.15, 0.2) is 30.5 Å². The number of hydrogen-bond acceptors (Lipinski definition) is 5. The Morgan fingerprint density at radius 1 is 1.16 bits per heavy atom. The number of carbonyl (C=O) groups is 2. The molecule has 2 aliphatic rings. The van der Waals surface area contributed by atoms with Crippen molar-refractivity contribution in [2.45, 2.75) is 57.8 Å². The summed E-state index contributed by atoms with van der Waals surface area (Å²) in [6.07, 6.45) is 9.33. The van der Waals surface area contributed by atoms with Crippen LogP contribution < -0.4 is 10.1 Å². The molecule has 0 bridgehead atoms. The van der Waals surface area contributed by atoms with Gasteiger partial charge in [-0.2, -0.15) is 0 Å². The smallest absolute Gasteiger partial charge is 0.259 e. The summed E-state index contributed by atoms with van der Waals surface area (Å²) in [5, 5.41) is 2.87. The van der Waals surface area contributed by atoms with Crippen LogP contribution in [0.25, 0.3) is 0 Å². The van der Waals surface area contributed by atoms with Crippen LogP contribution in [0, 0.1) is 12.8 Å². The van der Waals surface area contributed by atoms with E-state index in [2.05, 4.69) is 15.3 Å². The fourth-order valence-electron chi connectivity index (χ4n) is 4.76. The van der Waals surface area contributed by atoms with Crippen LogP contribution in [0.5, 0.6) is 5.75 Å². The molecule has 1 aromatic heterocycles. The number of aromatic nitrogens is 2. The molecule has 1 aromatic carbocycles. The molecular formula is C25H32N4O3. The molecule has 1 aliphatic heterocycles. The number of carbonyl (C=O) groups excluding carboxylic acids is 2. The van der Waals surface area contributed by atoms with E-state index in [1.807, 2.05) is 11.8 Å². The number of likely N-dealkylation sites (tertiary alicyclic amines) is 1. The highest BCUT2D eigenvalue weighted by atomic mass is 16.5. The lowest BCUT2D eigenvalue weighted by atomic mass is 10.0. The van der Waals surface area contributed by atoms with Crippen LogP contribution in [0.2, 0.25) is 0 Å². The monoisotopic (exact) mass is 436 g/mol. The van der Waals surface area contributed by atoms with Gasteiger partial charge >= 0.3 is 0 Å². The van der Waals surface area contributed by atoms with E-state index in [0.29, 0.717) is 29.9 Å². The van der Waals surface area contributed by atoms with Crippen molar-refractivity contribution in [3.05, 3.63) is 47.5 Å². The number of rotatable bonds is 7. The van der Waals surface area contributed by atoms with E-state index in [1.165, 1.54) is 25.7 Å². The van der Waals surface area contributed by atoms with Gasteiger partial charge in [-0.25, -0.2) is 9.97 Å². The van der Waals surface area contributed by atoms with E-state index in [9.17, 15) is 9.59 Å². The van der Waals surface area contributed by atoms with Crippen molar-refractivity contribution < 1.29 is 14.3 Å². The molecule has 1 saturated carbocycles. The number of ether oxygens (including phenoxy) is 1. The van der Waals surface area contributed by atoms with Crippen molar-refractivity contribution in [3.8, 4) is 5.75 Å². The maximum absolute atomic E-state index is 12.7.